The first kappa shape index (κ1) is 19.7. The molecule has 7 heteroatoms. The first-order valence-electron chi connectivity index (χ1n) is 8.29. The lowest BCUT2D eigenvalue weighted by Crippen LogP contribution is -2.35. The minimum absolute atomic E-state index is 0.246. The molecule has 138 valence electrons. The van der Waals surface area contributed by atoms with Gasteiger partial charge in [0.15, 0.2) is 6.10 Å². The molecular weight excluding hydrogens is 346 g/mol. The Labute approximate surface area is 156 Å². The summed E-state index contributed by atoms with van der Waals surface area (Å²) in [6, 6.07) is 17.1. The molecule has 0 aliphatic heterocycles. The van der Waals surface area contributed by atoms with Crippen LogP contribution in [-0.4, -0.2) is 23.9 Å². The average molecular weight is 365 g/mol. The van der Waals surface area contributed by atoms with Crippen LogP contribution in [0.4, 0.5) is 5.69 Å². The zero-order valence-corrected chi connectivity index (χ0v) is 14.8. The zero-order valence-electron chi connectivity index (χ0n) is 14.8. The lowest BCUT2D eigenvalue weighted by atomic mass is 10.2. The molecule has 0 spiro atoms. The fourth-order valence-electron chi connectivity index (χ4n) is 2.18. The van der Waals surface area contributed by atoms with Gasteiger partial charge in [-0.3, -0.25) is 9.59 Å². The van der Waals surface area contributed by atoms with Crippen molar-refractivity contribution in [2.75, 3.05) is 5.32 Å². The number of benzene rings is 2. The van der Waals surface area contributed by atoms with Gasteiger partial charge < -0.3 is 15.4 Å². The summed E-state index contributed by atoms with van der Waals surface area (Å²) in [5, 5.41) is 13.7. The summed E-state index contributed by atoms with van der Waals surface area (Å²) in [6.45, 7) is 1.84. The Morgan fingerprint density at radius 2 is 1.74 bits per heavy atom. The SMILES string of the molecule is C[C@H](OC(=O)c1ccc(NC(=O)CC#N)cc1)C(=O)NCc1ccccc1. The van der Waals surface area contributed by atoms with Gasteiger partial charge in [-0.2, -0.15) is 5.26 Å². The minimum Gasteiger partial charge on any atom is -0.449 e. The molecule has 0 fully saturated rings. The van der Waals surface area contributed by atoms with Crippen LogP contribution in [0.2, 0.25) is 0 Å². The molecule has 2 N–H and O–H groups in total. The summed E-state index contributed by atoms with van der Waals surface area (Å²) in [5.74, 6) is -1.48. The van der Waals surface area contributed by atoms with E-state index in [1.54, 1.807) is 6.07 Å². The Hall–Kier alpha value is -3.66. The first-order chi connectivity index (χ1) is 13.0. The number of hydrogen-bond acceptors (Lipinski definition) is 5. The van der Waals surface area contributed by atoms with Crippen molar-refractivity contribution in [1.29, 1.82) is 5.26 Å². The Kier molecular flexibility index (Phi) is 7.08. The number of nitriles is 1. The number of carbonyl (C=O) groups excluding carboxylic acids is 3. The van der Waals surface area contributed by atoms with Crippen molar-refractivity contribution < 1.29 is 19.1 Å². The smallest absolute Gasteiger partial charge is 0.338 e. The number of rotatable bonds is 7. The topological polar surface area (TPSA) is 108 Å². The molecule has 0 unspecified atom stereocenters. The number of nitrogens with one attached hydrogen (secondary N) is 2. The Morgan fingerprint density at radius 3 is 2.37 bits per heavy atom. The number of hydrogen-bond donors (Lipinski definition) is 2. The molecule has 0 bridgehead atoms. The second-order valence-electron chi connectivity index (χ2n) is 5.71. The first-order valence-corrected chi connectivity index (χ1v) is 8.29. The standard InChI is InChI=1S/C20H19N3O4/c1-14(19(25)22-13-15-5-3-2-4-6-15)27-20(26)16-7-9-17(10-8-16)23-18(24)11-12-21/h2-10,14H,11,13H2,1H3,(H,22,25)(H,23,24)/t14-/m0/s1. The fourth-order valence-corrected chi connectivity index (χ4v) is 2.18. The Morgan fingerprint density at radius 1 is 1.07 bits per heavy atom. The van der Waals surface area contributed by atoms with Gasteiger partial charge in [0.25, 0.3) is 5.91 Å². The number of ether oxygens (including phenoxy) is 1. The maximum absolute atomic E-state index is 12.1. The van der Waals surface area contributed by atoms with Crippen molar-refractivity contribution in [1.82, 2.24) is 5.32 Å². The fraction of sp³-hybridized carbons (Fsp3) is 0.200. The highest BCUT2D eigenvalue weighted by Crippen LogP contribution is 2.12. The largest absolute Gasteiger partial charge is 0.449 e. The van der Waals surface area contributed by atoms with Crippen molar-refractivity contribution in [3.05, 3.63) is 65.7 Å². The van der Waals surface area contributed by atoms with Crippen LogP contribution in [0, 0.1) is 11.3 Å². The van der Waals surface area contributed by atoms with Gasteiger partial charge in [0.2, 0.25) is 5.91 Å². The van der Waals surface area contributed by atoms with E-state index in [4.69, 9.17) is 10.00 Å². The monoisotopic (exact) mass is 365 g/mol. The van der Waals surface area contributed by atoms with Crippen LogP contribution in [0.25, 0.3) is 0 Å². The summed E-state index contributed by atoms with van der Waals surface area (Å²) in [5.41, 5.74) is 1.65. The quantitative estimate of drug-likeness (QED) is 0.733. The number of esters is 1. The number of amides is 2. The maximum Gasteiger partial charge on any atom is 0.338 e. The molecule has 2 amide bonds. The van der Waals surface area contributed by atoms with Crippen LogP contribution in [0.15, 0.2) is 54.6 Å². The van der Waals surface area contributed by atoms with Gasteiger partial charge in [0.1, 0.15) is 6.42 Å². The third-order valence-corrected chi connectivity index (χ3v) is 3.61. The van der Waals surface area contributed by atoms with Gasteiger partial charge in [0.05, 0.1) is 11.6 Å². The number of carbonyl (C=O) groups is 3. The van der Waals surface area contributed by atoms with Gasteiger partial charge in [0, 0.05) is 12.2 Å². The van der Waals surface area contributed by atoms with Crippen LogP contribution in [0.1, 0.15) is 29.3 Å². The third-order valence-electron chi connectivity index (χ3n) is 3.61. The van der Waals surface area contributed by atoms with E-state index in [9.17, 15) is 14.4 Å². The van der Waals surface area contributed by atoms with E-state index >= 15 is 0 Å². The van der Waals surface area contributed by atoms with Crippen LogP contribution in [-0.2, 0) is 20.9 Å². The van der Waals surface area contributed by atoms with Crippen molar-refractivity contribution >= 4 is 23.5 Å². The van der Waals surface area contributed by atoms with Gasteiger partial charge in [-0.25, -0.2) is 4.79 Å². The van der Waals surface area contributed by atoms with E-state index < -0.39 is 23.9 Å². The molecule has 0 aliphatic rings. The van der Waals surface area contributed by atoms with Gasteiger partial charge in [-0.15, -0.1) is 0 Å². The van der Waals surface area contributed by atoms with Gasteiger partial charge >= 0.3 is 5.97 Å². The van der Waals surface area contributed by atoms with Crippen molar-refractivity contribution in [2.45, 2.75) is 26.0 Å². The van der Waals surface area contributed by atoms with Gasteiger partial charge in [-0.05, 0) is 36.8 Å². The van der Waals surface area contributed by atoms with Crippen LogP contribution in [0.5, 0.6) is 0 Å². The lowest BCUT2D eigenvalue weighted by Gasteiger charge is -2.14. The summed E-state index contributed by atoms with van der Waals surface area (Å²) in [6.07, 6.45) is -1.20. The van der Waals surface area contributed by atoms with E-state index in [0.717, 1.165) is 5.56 Å². The third kappa shape index (κ3) is 6.29. The molecule has 0 heterocycles. The molecule has 0 radical (unpaired) electrons. The molecule has 2 rings (SSSR count). The molecule has 0 saturated heterocycles. The lowest BCUT2D eigenvalue weighted by molar-refractivity contribution is -0.129. The van der Waals surface area contributed by atoms with Crippen molar-refractivity contribution in [2.24, 2.45) is 0 Å². The normalized spacial score (nSPS) is 11.0. The molecule has 2 aromatic carbocycles. The Balaban J connectivity index is 1.85. The predicted octanol–water partition coefficient (Wildman–Crippen LogP) is 2.40. The van der Waals surface area contributed by atoms with Crippen molar-refractivity contribution in [3.63, 3.8) is 0 Å². The van der Waals surface area contributed by atoms with E-state index in [2.05, 4.69) is 10.6 Å². The van der Waals surface area contributed by atoms with E-state index in [1.165, 1.54) is 31.2 Å². The van der Waals surface area contributed by atoms with Crippen molar-refractivity contribution in [3.8, 4) is 6.07 Å². The highest BCUT2D eigenvalue weighted by atomic mass is 16.5. The number of nitrogens with zero attached hydrogens (tertiary/aromatic N) is 1. The second-order valence-corrected chi connectivity index (χ2v) is 5.71. The predicted molar refractivity (Wildman–Crippen MR) is 98.5 cm³/mol. The van der Waals surface area contributed by atoms with Crippen LogP contribution < -0.4 is 10.6 Å². The molecule has 27 heavy (non-hydrogen) atoms. The van der Waals surface area contributed by atoms with E-state index in [0.29, 0.717) is 12.2 Å². The molecule has 0 saturated carbocycles. The second kappa shape index (κ2) is 9.73. The highest BCUT2D eigenvalue weighted by molar-refractivity contribution is 5.94. The molecule has 2 aromatic rings. The molecular formula is C20H19N3O4. The van der Waals surface area contributed by atoms with Gasteiger partial charge in [-0.1, -0.05) is 30.3 Å². The molecule has 0 aromatic heterocycles. The maximum atomic E-state index is 12.1. The Bertz CT molecular complexity index is 842. The highest BCUT2D eigenvalue weighted by Gasteiger charge is 2.18. The average Bonchev–Trinajstić information content (AvgIpc) is 2.67. The summed E-state index contributed by atoms with van der Waals surface area (Å²) < 4.78 is 5.16. The zero-order chi connectivity index (χ0) is 19.6. The van der Waals surface area contributed by atoms with E-state index in [1.807, 2.05) is 30.3 Å². The summed E-state index contributed by atoms with van der Waals surface area (Å²) in [7, 11) is 0. The van der Waals surface area contributed by atoms with Crippen LogP contribution in [0.3, 0.4) is 0 Å². The molecule has 1 atom stereocenters. The minimum atomic E-state index is -0.948. The number of anilines is 1. The summed E-state index contributed by atoms with van der Waals surface area (Å²) in [4.78, 5) is 35.5. The summed E-state index contributed by atoms with van der Waals surface area (Å²) >= 11 is 0. The van der Waals surface area contributed by atoms with Crippen LogP contribution >= 0.6 is 0 Å². The van der Waals surface area contributed by atoms with E-state index in [-0.39, 0.29) is 12.0 Å². The molecule has 7 nitrogen and oxygen atoms in total. The molecule has 0 aliphatic carbocycles.